The van der Waals surface area contributed by atoms with Gasteiger partial charge in [0.1, 0.15) is 0 Å². The number of nitrogens with one attached hydrogen (secondary N) is 1. The molecule has 0 aromatic heterocycles. The molecule has 1 N–H and O–H groups in total. The van der Waals surface area contributed by atoms with Crippen molar-refractivity contribution in [1.82, 2.24) is 10.2 Å². The number of carbonyl (C=O) groups excluding carboxylic acids is 1. The molecule has 0 aromatic rings. The highest BCUT2D eigenvalue weighted by molar-refractivity contribution is 5.85. The van der Waals surface area contributed by atoms with Crippen molar-refractivity contribution in [3.63, 3.8) is 0 Å². The third-order valence-electron chi connectivity index (χ3n) is 5.06. The molecule has 1 unspecified atom stereocenters. The first-order valence-electron chi connectivity index (χ1n) is 7.26. The van der Waals surface area contributed by atoms with Crippen LogP contribution in [-0.4, -0.2) is 37.0 Å². The van der Waals surface area contributed by atoms with Crippen molar-refractivity contribution < 1.29 is 4.79 Å². The molecule has 0 bridgehead atoms. The fraction of sp³-hybridized carbons (Fsp3) is 0.929. The quantitative estimate of drug-likeness (QED) is 0.836. The molecule has 4 heteroatoms. The van der Waals surface area contributed by atoms with Crippen LogP contribution < -0.4 is 5.32 Å². The van der Waals surface area contributed by atoms with Gasteiger partial charge in [0.15, 0.2) is 0 Å². The van der Waals surface area contributed by atoms with E-state index in [2.05, 4.69) is 10.2 Å². The van der Waals surface area contributed by atoms with Gasteiger partial charge in [-0.05, 0) is 38.1 Å². The maximum atomic E-state index is 12.2. The Kier molecular flexibility index (Phi) is 4.54. The summed E-state index contributed by atoms with van der Waals surface area (Å²) in [6.45, 7) is 4.30. The van der Waals surface area contributed by atoms with Gasteiger partial charge in [0, 0.05) is 31.5 Å². The number of amides is 1. The van der Waals surface area contributed by atoms with Crippen molar-refractivity contribution in [3.8, 4) is 0 Å². The molecule has 1 amide bonds. The molecule has 18 heavy (non-hydrogen) atoms. The predicted molar refractivity (Wildman–Crippen MR) is 74.9 cm³/mol. The van der Waals surface area contributed by atoms with E-state index < -0.39 is 0 Å². The SMILES string of the molecule is Cl.O=C(CC1CCCC1)N1CCC2(CCNC2)C1. The maximum absolute atomic E-state index is 12.2. The molecule has 104 valence electrons. The summed E-state index contributed by atoms with van der Waals surface area (Å²) < 4.78 is 0. The third-order valence-corrected chi connectivity index (χ3v) is 5.06. The number of nitrogens with zero attached hydrogens (tertiary/aromatic N) is 1. The van der Waals surface area contributed by atoms with E-state index in [1.165, 1.54) is 38.5 Å². The lowest BCUT2D eigenvalue weighted by atomic mass is 9.86. The van der Waals surface area contributed by atoms with E-state index in [9.17, 15) is 4.79 Å². The van der Waals surface area contributed by atoms with Gasteiger partial charge in [-0.2, -0.15) is 0 Å². The van der Waals surface area contributed by atoms with Crippen molar-refractivity contribution in [2.45, 2.75) is 44.9 Å². The monoisotopic (exact) mass is 272 g/mol. The Morgan fingerprint density at radius 3 is 2.72 bits per heavy atom. The zero-order chi connectivity index (χ0) is 11.7. The Morgan fingerprint density at radius 1 is 1.28 bits per heavy atom. The number of likely N-dealkylation sites (tertiary alicyclic amines) is 1. The van der Waals surface area contributed by atoms with Crippen LogP contribution in [0.1, 0.15) is 44.9 Å². The van der Waals surface area contributed by atoms with E-state index >= 15 is 0 Å². The smallest absolute Gasteiger partial charge is 0.222 e. The van der Waals surface area contributed by atoms with Gasteiger partial charge in [0.25, 0.3) is 0 Å². The van der Waals surface area contributed by atoms with Gasteiger partial charge in [-0.15, -0.1) is 12.4 Å². The first-order chi connectivity index (χ1) is 8.27. The van der Waals surface area contributed by atoms with Crippen molar-refractivity contribution in [2.75, 3.05) is 26.2 Å². The minimum Gasteiger partial charge on any atom is -0.342 e. The molecule has 3 aliphatic rings. The molecule has 3 nitrogen and oxygen atoms in total. The summed E-state index contributed by atoms with van der Waals surface area (Å²) in [5, 5.41) is 3.45. The first kappa shape index (κ1) is 14.1. The molecule has 0 radical (unpaired) electrons. The molecule has 0 aromatic carbocycles. The molecule has 1 aliphatic carbocycles. The van der Waals surface area contributed by atoms with Crippen LogP contribution in [0.4, 0.5) is 0 Å². The molecule has 2 heterocycles. The van der Waals surface area contributed by atoms with E-state index in [1.54, 1.807) is 0 Å². The van der Waals surface area contributed by atoms with Gasteiger partial charge in [0.05, 0.1) is 0 Å². The second-order valence-corrected chi connectivity index (χ2v) is 6.35. The highest BCUT2D eigenvalue weighted by Crippen LogP contribution is 2.37. The standard InChI is InChI=1S/C14H24N2O.ClH/c17-13(9-12-3-1-2-4-12)16-8-6-14(11-16)5-7-15-10-14;/h12,15H,1-11H2;1H. The summed E-state index contributed by atoms with van der Waals surface area (Å²) in [6.07, 6.45) is 8.55. The predicted octanol–water partition coefficient (Wildman–Crippen LogP) is 2.20. The van der Waals surface area contributed by atoms with Crippen LogP contribution in [0.15, 0.2) is 0 Å². The highest BCUT2D eigenvalue weighted by atomic mass is 35.5. The zero-order valence-corrected chi connectivity index (χ0v) is 11.9. The normalized spacial score (nSPS) is 32.1. The molecular weight excluding hydrogens is 248 g/mol. The Bertz CT molecular complexity index is 296. The van der Waals surface area contributed by atoms with E-state index in [0.29, 0.717) is 17.2 Å². The van der Waals surface area contributed by atoms with Gasteiger partial charge >= 0.3 is 0 Å². The number of rotatable bonds is 2. The Hall–Kier alpha value is -0.280. The largest absolute Gasteiger partial charge is 0.342 e. The summed E-state index contributed by atoms with van der Waals surface area (Å²) >= 11 is 0. The summed E-state index contributed by atoms with van der Waals surface area (Å²) in [4.78, 5) is 14.4. The van der Waals surface area contributed by atoms with E-state index in [0.717, 1.165) is 32.6 Å². The van der Waals surface area contributed by atoms with Crippen LogP contribution >= 0.6 is 12.4 Å². The van der Waals surface area contributed by atoms with Crippen LogP contribution in [0.5, 0.6) is 0 Å². The fourth-order valence-electron chi connectivity index (χ4n) is 3.88. The van der Waals surface area contributed by atoms with Crippen LogP contribution in [0, 0.1) is 11.3 Å². The highest BCUT2D eigenvalue weighted by Gasteiger charge is 2.41. The number of halogens is 1. The Labute approximate surface area is 116 Å². The zero-order valence-electron chi connectivity index (χ0n) is 11.1. The molecule has 1 spiro atoms. The van der Waals surface area contributed by atoms with Crippen LogP contribution in [0.2, 0.25) is 0 Å². The minimum atomic E-state index is 0. The average Bonchev–Trinajstić information content (AvgIpc) is 3.03. The number of carbonyl (C=O) groups is 1. The molecule has 1 saturated carbocycles. The summed E-state index contributed by atoms with van der Waals surface area (Å²) in [5.74, 6) is 1.13. The number of hydrogen-bond donors (Lipinski definition) is 1. The van der Waals surface area contributed by atoms with Gasteiger partial charge in [0.2, 0.25) is 5.91 Å². The van der Waals surface area contributed by atoms with Crippen molar-refractivity contribution >= 4 is 18.3 Å². The Balaban J connectivity index is 0.00000120. The average molecular weight is 273 g/mol. The molecule has 3 fully saturated rings. The first-order valence-corrected chi connectivity index (χ1v) is 7.26. The van der Waals surface area contributed by atoms with E-state index in [4.69, 9.17) is 0 Å². The molecule has 3 rings (SSSR count). The van der Waals surface area contributed by atoms with Crippen molar-refractivity contribution in [1.29, 1.82) is 0 Å². The van der Waals surface area contributed by atoms with Crippen LogP contribution in [0.3, 0.4) is 0 Å². The molecule has 1 atom stereocenters. The lowest BCUT2D eigenvalue weighted by Crippen LogP contribution is -2.33. The van der Waals surface area contributed by atoms with E-state index in [1.807, 2.05) is 0 Å². The summed E-state index contributed by atoms with van der Waals surface area (Å²) in [7, 11) is 0. The van der Waals surface area contributed by atoms with Gasteiger partial charge in [-0.3, -0.25) is 4.79 Å². The van der Waals surface area contributed by atoms with Crippen LogP contribution in [-0.2, 0) is 4.79 Å². The summed E-state index contributed by atoms with van der Waals surface area (Å²) in [6, 6.07) is 0. The lowest BCUT2D eigenvalue weighted by Gasteiger charge is -2.23. The molecule has 2 saturated heterocycles. The van der Waals surface area contributed by atoms with E-state index in [-0.39, 0.29) is 12.4 Å². The summed E-state index contributed by atoms with van der Waals surface area (Å²) in [5.41, 5.74) is 0.436. The van der Waals surface area contributed by atoms with Crippen LogP contribution in [0.25, 0.3) is 0 Å². The maximum Gasteiger partial charge on any atom is 0.222 e. The third kappa shape index (κ3) is 2.83. The Morgan fingerprint density at radius 2 is 2.06 bits per heavy atom. The topological polar surface area (TPSA) is 32.3 Å². The van der Waals surface area contributed by atoms with Gasteiger partial charge in [-0.25, -0.2) is 0 Å². The minimum absolute atomic E-state index is 0. The second-order valence-electron chi connectivity index (χ2n) is 6.35. The second kappa shape index (κ2) is 5.79. The van der Waals surface area contributed by atoms with Crippen molar-refractivity contribution in [2.24, 2.45) is 11.3 Å². The molecular formula is C14H25ClN2O. The van der Waals surface area contributed by atoms with Gasteiger partial charge in [-0.1, -0.05) is 12.8 Å². The molecule has 2 aliphatic heterocycles. The van der Waals surface area contributed by atoms with Gasteiger partial charge < -0.3 is 10.2 Å². The lowest BCUT2D eigenvalue weighted by molar-refractivity contribution is -0.131. The fourth-order valence-corrected chi connectivity index (χ4v) is 3.88. The number of hydrogen-bond acceptors (Lipinski definition) is 2. The van der Waals surface area contributed by atoms with Crippen molar-refractivity contribution in [3.05, 3.63) is 0 Å².